The van der Waals surface area contributed by atoms with Crippen molar-refractivity contribution in [1.82, 2.24) is 15.1 Å². The number of piperidine rings is 1. The number of sulfone groups is 1. The molecule has 8 nitrogen and oxygen atoms in total. The first kappa shape index (κ1) is 28.8. The lowest BCUT2D eigenvalue weighted by atomic mass is 9.77. The molecule has 2 N–H and O–H groups in total. The molecule has 1 aliphatic carbocycles. The fourth-order valence-electron chi connectivity index (χ4n) is 6.58. The van der Waals surface area contributed by atoms with Crippen molar-refractivity contribution in [3.05, 3.63) is 65.7 Å². The number of carbonyl (C=O) groups excluding carboxylic acids is 2. The fraction of sp³-hybridized carbons (Fsp3) is 0.548. The summed E-state index contributed by atoms with van der Waals surface area (Å²) >= 11 is 0. The molecule has 2 saturated heterocycles. The highest BCUT2D eigenvalue weighted by Crippen LogP contribution is 2.42. The molecule has 3 atom stereocenters. The molecule has 3 aliphatic rings. The molecule has 2 heterocycles. The van der Waals surface area contributed by atoms with Crippen LogP contribution in [0.25, 0.3) is 0 Å². The first-order valence-electron chi connectivity index (χ1n) is 14.5. The van der Waals surface area contributed by atoms with Crippen molar-refractivity contribution in [1.29, 1.82) is 0 Å². The number of aliphatic hydroxyl groups excluding tert-OH is 1. The van der Waals surface area contributed by atoms with Crippen molar-refractivity contribution >= 4 is 21.7 Å². The number of likely N-dealkylation sites (tertiary alicyclic amines) is 2. The smallest absolute Gasteiger partial charge is 0.229 e. The van der Waals surface area contributed by atoms with Crippen molar-refractivity contribution < 1.29 is 23.1 Å². The van der Waals surface area contributed by atoms with Crippen molar-refractivity contribution in [2.45, 2.75) is 68.5 Å². The predicted octanol–water partition coefficient (Wildman–Crippen LogP) is 3.31. The predicted molar refractivity (Wildman–Crippen MR) is 153 cm³/mol. The van der Waals surface area contributed by atoms with Gasteiger partial charge < -0.3 is 20.2 Å². The molecule has 2 aromatic carbocycles. The van der Waals surface area contributed by atoms with Crippen LogP contribution >= 0.6 is 0 Å². The van der Waals surface area contributed by atoms with Crippen LogP contribution in [0.4, 0.5) is 0 Å². The Morgan fingerprint density at radius 3 is 2.33 bits per heavy atom. The number of benzene rings is 2. The van der Waals surface area contributed by atoms with Crippen LogP contribution in [0.3, 0.4) is 0 Å². The van der Waals surface area contributed by atoms with E-state index in [9.17, 15) is 23.1 Å². The molecule has 5 rings (SSSR count). The van der Waals surface area contributed by atoms with E-state index in [2.05, 4.69) is 22.3 Å². The van der Waals surface area contributed by atoms with Crippen LogP contribution in [0.1, 0.15) is 62.1 Å². The topological polar surface area (TPSA) is 107 Å². The van der Waals surface area contributed by atoms with Crippen LogP contribution in [0, 0.1) is 11.3 Å². The number of amides is 2. The molecule has 0 bridgehead atoms. The van der Waals surface area contributed by atoms with E-state index in [0.717, 1.165) is 69.4 Å². The quantitative estimate of drug-likeness (QED) is 0.482. The molecule has 1 spiro atoms. The van der Waals surface area contributed by atoms with Gasteiger partial charge >= 0.3 is 0 Å². The largest absolute Gasteiger partial charge is 0.393 e. The Balaban J connectivity index is 1.14. The summed E-state index contributed by atoms with van der Waals surface area (Å²) in [6.45, 7) is 3.78. The van der Waals surface area contributed by atoms with Gasteiger partial charge in [-0.2, -0.15) is 0 Å². The maximum atomic E-state index is 13.5. The van der Waals surface area contributed by atoms with Crippen LogP contribution in [0.2, 0.25) is 0 Å². The summed E-state index contributed by atoms with van der Waals surface area (Å²) in [5.74, 6) is 0.128. The number of hydrogen-bond acceptors (Lipinski definition) is 6. The normalized spacial score (nSPS) is 23.9. The second kappa shape index (κ2) is 12.0. The molecule has 0 aromatic heterocycles. The van der Waals surface area contributed by atoms with Crippen LogP contribution in [0.15, 0.2) is 59.5 Å². The van der Waals surface area contributed by atoms with Crippen LogP contribution in [0.5, 0.6) is 0 Å². The van der Waals surface area contributed by atoms with Gasteiger partial charge in [-0.05, 0) is 81.3 Å². The minimum atomic E-state index is -3.24. The average Bonchev–Trinajstić information content (AvgIpc) is 3.51. The lowest BCUT2D eigenvalue weighted by molar-refractivity contribution is -0.139. The van der Waals surface area contributed by atoms with Gasteiger partial charge in [0.15, 0.2) is 9.84 Å². The van der Waals surface area contributed by atoms with Crippen LogP contribution in [-0.4, -0.2) is 73.7 Å². The van der Waals surface area contributed by atoms with E-state index in [1.54, 1.807) is 24.3 Å². The third kappa shape index (κ3) is 6.58. The monoisotopic (exact) mass is 567 g/mol. The maximum absolute atomic E-state index is 13.5. The van der Waals surface area contributed by atoms with Gasteiger partial charge in [0.2, 0.25) is 11.8 Å². The minimum Gasteiger partial charge on any atom is -0.393 e. The Kier molecular flexibility index (Phi) is 8.63. The molecule has 2 amide bonds. The second-order valence-corrected chi connectivity index (χ2v) is 14.0. The number of nitrogens with zero attached hydrogens (tertiary/aromatic N) is 2. The lowest BCUT2D eigenvalue weighted by Crippen LogP contribution is -2.45. The summed E-state index contributed by atoms with van der Waals surface area (Å²) in [4.78, 5) is 31.1. The molecule has 216 valence electrons. The standard InChI is InChI=1S/C31H41N3O5S/c1-40(38,39)27-11-7-23(8-12-27)22-34-20-16-31(30(34)37)14-18-33(19-15-31)17-13-28(24-5-3-2-4-6-24)32-29(36)25-9-10-26(35)21-25/h2-8,11-12,25-26,28,35H,9-10,13-22H2,1H3,(H,32,36)/t25?,26?,28-/m0/s1. The Morgan fingerprint density at radius 1 is 1.02 bits per heavy atom. The Morgan fingerprint density at radius 2 is 1.70 bits per heavy atom. The Bertz CT molecular complexity index is 1290. The molecule has 2 unspecified atom stereocenters. The zero-order chi connectivity index (χ0) is 28.3. The highest BCUT2D eigenvalue weighted by atomic mass is 32.2. The third-order valence-corrected chi connectivity index (χ3v) is 10.3. The average molecular weight is 568 g/mol. The van der Waals surface area contributed by atoms with Gasteiger partial charge in [-0.15, -0.1) is 0 Å². The maximum Gasteiger partial charge on any atom is 0.229 e. The van der Waals surface area contributed by atoms with Gasteiger partial charge in [-0.3, -0.25) is 9.59 Å². The molecule has 3 fully saturated rings. The summed E-state index contributed by atoms with van der Waals surface area (Å²) < 4.78 is 23.5. The van der Waals surface area contributed by atoms with Crippen LogP contribution < -0.4 is 5.32 Å². The first-order chi connectivity index (χ1) is 19.1. The van der Waals surface area contributed by atoms with Gasteiger partial charge in [0.1, 0.15) is 0 Å². The molecule has 2 aliphatic heterocycles. The second-order valence-electron chi connectivity index (χ2n) is 11.9. The van der Waals surface area contributed by atoms with E-state index in [4.69, 9.17) is 0 Å². The van der Waals surface area contributed by atoms with Gasteiger partial charge in [0.25, 0.3) is 0 Å². The summed E-state index contributed by atoms with van der Waals surface area (Å²) in [6.07, 6.45) is 6.10. The first-order valence-corrected chi connectivity index (χ1v) is 16.4. The highest BCUT2D eigenvalue weighted by molar-refractivity contribution is 7.90. The van der Waals surface area contributed by atoms with Crippen molar-refractivity contribution in [2.24, 2.45) is 11.3 Å². The van der Waals surface area contributed by atoms with E-state index in [0.29, 0.717) is 24.3 Å². The molecule has 0 radical (unpaired) electrons. The van der Waals surface area contributed by atoms with Gasteiger partial charge in [-0.1, -0.05) is 42.5 Å². The number of carbonyl (C=O) groups is 2. The zero-order valence-electron chi connectivity index (χ0n) is 23.3. The Hall–Kier alpha value is -2.75. The molecular formula is C31H41N3O5S. The van der Waals surface area contributed by atoms with Crippen molar-refractivity contribution in [3.8, 4) is 0 Å². The summed E-state index contributed by atoms with van der Waals surface area (Å²) in [6, 6.07) is 16.8. The molecular weight excluding hydrogens is 526 g/mol. The highest BCUT2D eigenvalue weighted by Gasteiger charge is 2.47. The Labute approximate surface area is 237 Å². The number of rotatable bonds is 9. The molecule has 1 saturated carbocycles. The minimum absolute atomic E-state index is 0.0330. The van der Waals surface area contributed by atoms with E-state index in [1.165, 1.54) is 6.26 Å². The molecule has 2 aromatic rings. The molecule has 40 heavy (non-hydrogen) atoms. The van der Waals surface area contributed by atoms with Gasteiger partial charge in [0, 0.05) is 31.8 Å². The van der Waals surface area contributed by atoms with Crippen molar-refractivity contribution in [2.75, 3.05) is 32.4 Å². The van der Waals surface area contributed by atoms with E-state index in [-0.39, 0.29) is 35.3 Å². The van der Waals surface area contributed by atoms with E-state index >= 15 is 0 Å². The van der Waals surface area contributed by atoms with Crippen molar-refractivity contribution in [3.63, 3.8) is 0 Å². The van der Waals surface area contributed by atoms with Crippen LogP contribution in [-0.2, 0) is 26.0 Å². The molecule has 9 heteroatoms. The fourth-order valence-corrected chi connectivity index (χ4v) is 7.21. The number of hydrogen-bond donors (Lipinski definition) is 2. The number of aliphatic hydroxyl groups is 1. The van der Waals surface area contributed by atoms with Gasteiger partial charge in [0.05, 0.1) is 22.5 Å². The van der Waals surface area contributed by atoms with E-state index in [1.807, 2.05) is 23.1 Å². The lowest BCUT2D eigenvalue weighted by Gasteiger charge is -2.38. The summed E-state index contributed by atoms with van der Waals surface area (Å²) in [7, 11) is -3.24. The summed E-state index contributed by atoms with van der Waals surface area (Å²) in [5.41, 5.74) is 1.73. The number of nitrogens with one attached hydrogen (secondary N) is 1. The van der Waals surface area contributed by atoms with E-state index < -0.39 is 9.84 Å². The van der Waals surface area contributed by atoms with Gasteiger partial charge in [-0.25, -0.2) is 8.42 Å². The zero-order valence-corrected chi connectivity index (χ0v) is 24.1. The summed E-state index contributed by atoms with van der Waals surface area (Å²) in [5, 5.41) is 13.1. The third-order valence-electron chi connectivity index (χ3n) is 9.17. The SMILES string of the molecule is CS(=O)(=O)c1ccc(CN2CCC3(CCN(CC[C@H](NC(=O)C4CCC(O)C4)c4ccccc4)CC3)C2=O)cc1.